The number of nitrogens with zero attached hydrogens (tertiary/aromatic N) is 3. The van der Waals surface area contributed by atoms with Gasteiger partial charge in [-0.05, 0) is 20.3 Å². The number of aliphatic imine (C=N–C) groups is 1. The number of imidazole rings is 1. The molecule has 5 nitrogen and oxygen atoms in total. The average molecular weight is 227 g/mol. The largest absolute Gasteiger partial charge is 0.383 e. The van der Waals surface area contributed by atoms with Crippen LogP contribution in [0.2, 0.25) is 0 Å². The monoisotopic (exact) mass is 227 g/mol. The first-order valence-electron chi connectivity index (χ1n) is 5.32. The molecule has 0 spiro atoms. The Morgan fingerprint density at radius 1 is 1.56 bits per heavy atom. The van der Waals surface area contributed by atoms with E-state index in [9.17, 15) is 4.39 Å². The van der Waals surface area contributed by atoms with Crippen LogP contribution in [0.15, 0.2) is 4.99 Å². The van der Waals surface area contributed by atoms with E-state index < -0.39 is 6.08 Å². The Labute approximate surface area is 94.4 Å². The number of nitrogens with two attached hydrogens (primary N) is 2. The van der Waals surface area contributed by atoms with Crippen LogP contribution in [-0.2, 0) is 0 Å². The van der Waals surface area contributed by atoms with Crippen LogP contribution in [0.1, 0.15) is 38.9 Å². The van der Waals surface area contributed by atoms with E-state index in [1.165, 1.54) is 4.57 Å². The van der Waals surface area contributed by atoms with Gasteiger partial charge < -0.3 is 11.5 Å². The van der Waals surface area contributed by atoms with E-state index in [4.69, 9.17) is 11.5 Å². The highest BCUT2D eigenvalue weighted by Crippen LogP contribution is 2.18. The highest BCUT2D eigenvalue weighted by molar-refractivity contribution is 5.99. The molecule has 0 radical (unpaired) electrons. The SMILES string of the molecule is CCCN=C(N)c1nc(F)n(C(C)C)c1N. The van der Waals surface area contributed by atoms with Gasteiger partial charge in [-0.15, -0.1) is 0 Å². The third kappa shape index (κ3) is 2.32. The van der Waals surface area contributed by atoms with Gasteiger partial charge in [-0.3, -0.25) is 9.56 Å². The van der Waals surface area contributed by atoms with E-state index in [-0.39, 0.29) is 23.4 Å². The second kappa shape index (κ2) is 4.96. The summed E-state index contributed by atoms with van der Waals surface area (Å²) in [6.45, 7) is 6.21. The molecule has 4 N–H and O–H groups in total. The summed E-state index contributed by atoms with van der Waals surface area (Å²) >= 11 is 0. The number of nitrogen functional groups attached to an aromatic ring is 1. The molecule has 1 rings (SSSR count). The van der Waals surface area contributed by atoms with Crippen LogP contribution < -0.4 is 11.5 Å². The molecule has 0 aliphatic rings. The minimum Gasteiger partial charge on any atom is -0.383 e. The van der Waals surface area contributed by atoms with Crippen LogP contribution in [0.4, 0.5) is 10.2 Å². The molecule has 0 saturated heterocycles. The van der Waals surface area contributed by atoms with E-state index >= 15 is 0 Å². The Morgan fingerprint density at radius 2 is 2.19 bits per heavy atom. The first-order chi connectivity index (χ1) is 7.49. The van der Waals surface area contributed by atoms with Crippen molar-refractivity contribution in [2.45, 2.75) is 33.2 Å². The Bertz CT molecular complexity index is 394. The standard InChI is InChI=1S/C10H18FN5/c1-4-5-14-8(12)7-9(13)16(6(2)3)10(11)15-7/h6H,4-5,13H2,1-3H3,(H2,12,14). The molecule has 0 bridgehead atoms. The highest BCUT2D eigenvalue weighted by Gasteiger charge is 2.18. The van der Waals surface area contributed by atoms with Crippen LogP contribution >= 0.6 is 0 Å². The van der Waals surface area contributed by atoms with Crippen LogP contribution in [0.3, 0.4) is 0 Å². The molecule has 0 aliphatic carbocycles. The van der Waals surface area contributed by atoms with Gasteiger partial charge in [-0.1, -0.05) is 6.92 Å². The summed E-state index contributed by atoms with van der Waals surface area (Å²) < 4.78 is 14.8. The lowest BCUT2D eigenvalue weighted by molar-refractivity contribution is 0.439. The zero-order valence-corrected chi connectivity index (χ0v) is 9.87. The lowest BCUT2D eigenvalue weighted by Crippen LogP contribution is -2.17. The van der Waals surface area contributed by atoms with Crippen molar-refractivity contribution in [1.82, 2.24) is 9.55 Å². The zero-order chi connectivity index (χ0) is 12.3. The van der Waals surface area contributed by atoms with Gasteiger partial charge in [0, 0.05) is 12.6 Å². The number of hydrogen-bond donors (Lipinski definition) is 2. The Kier molecular flexibility index (Phi) is 3.87. The quantitative estimate of drug-likeness (QED) is 0.600. The molecular formula is C10H18FN5. The molecule has 0 amide bonds. The minimum absolute atomic E-state index is 0.0970. The summed E-state index contributed by atoms with van der Waals surface area (Å²) in [4.78, 5) is 7.76. The zero-order valence-electron chi connectivity index (χ0n) is 9.87. The molecule has 0 unspecified atom stereocenters. The normalized spacial score (nSPS) is 12.4. The number of anilines is 1. The summed E-state index contributed by atoms with van der Waals surface area (Å²) in [7, 11) is 0. The summed E-state index contributed by atoms with van der Waals surface area (Å²) in [5.41, 5.74) is 11.7. The summed E-state index contributed by atoms with van der Waals surface area (Å²) in [5.74, 6) is 0.419. The Morgan fingerprint density at radius 3 is 2.62 bits per heavy atom. The van der Waals surface area contributed by atoms with Crippen molar-refractivity contribution in [2.75, 3.05) is 12.3 Å². The van der Waals surface area contributed by atoms with E-state index in [0.29, 0.717) is 6.54 Å². The molecule has 1 aromatic heterocycles. The van der Waals surface area contributed by atoms with Crippen molar-refractivity contribution in [1.29, 1.82) is 0 Å². The van der Waals surface area contributed by atoms with Crippen LogP contribution in [-0.4, -0.2) is 21.9 Å². The maximum absolute atomic E-state index is 13.5. The first kappa shape index (κ1) is 12.5. The predicted molar refractivity (Wildman–Crippen MR) is 62.9 cm³/mol. The van der Waals surface area contributed by atoms with Gasteiger partial charge in [0.1, 0.15) is 17.3 Å². The molecule has 90 valence electrons. The van der Waals surface area contributed by atoms with Crippen molar-refractivity contribution in [3.8, 4) is 0 Å². The molecule has 0 fully saturated rings. The second-order valence-electron chi connectivity index (χ2n) is 3.85. The van der Waals surface area contributed by atoms with Gasteiger partial charge in [-0.25, -0.2) is 0 Å². The van der Waals surface area contributed by atoms with E-state index in [1.54, 1.807) is 0 Å². The molecule has 0 atom stereocenters. The third-order valence-electron chi connectivity index (χ3n) is 2.17. The Balaban J connectivity index is 3.12. The Hall–Kier alpha value is -1.59. The first-order valence-corrected chi connectivity index (χ1v) is 5.32. The summed E-state index contributed by atoms with van der Waals surface area (Å²) in [6, 6.07) is -0.0970. The number of rotatable bonds is 4. The molecule has 6 heteroatoms. The fraction of sp³-hybridized carbons (Fsp3) is 0.600. The van der Waals surface area contributed by atoms with Gasteiger partial charge in [0.2, 0.25) is 0 Å². The smallest absolute Gasteiger partial charge is 0.291 e. The number of halogens is 1. The average Bonchev–Trinajstić information content (AvgIpc) is 2.50. The van der Waals surface area contributed by atoms with Gasteiger partial charge in [0.05, 0.1) is 0 Å². The third-order valence-corrected chi connectivity index (χ3v) is 2.17. The predicted octanol–water partition coefficient (Wildman–Crippen LogP) is 1.30. The van der Waals surface area contributed by atoms with Crippen molar-refractivity contribution in [2.24, 2.45) is 10.7 Å². The van der Waals surface area contributed by atoms with Gasteiger partial charge in [0.15, 0.2) is 0 Å². The van der Waals surface area contributed by atoms with Crippen molar-refractivity contribution >= 4 is 11.7 Å². The summed E-state index contributed by atoms with van der Waals surface area (Å²) in [5, 5.41) is 0. The minimum atomic E-state index is -0.628. The highest BCUT2D eigenvalue weighted by atomic mass is 19.1. The van der Waals surface area contributed by atoms with Crippen molar-refractivity contribution in [3.63, 3.8) is 0 Å². The lowest BCUT2D eigenvalue weighted by Gasteiger charge is -2.09. The number of aromatic nitrogens is 2. The molecule has 0 saturated carbocycles. The topological polar surface area (TPSA) is 82.2 Å². The molecule has 1 heterocycles. The van der Waals surface area contributed by atoms with Crippen LogP contribution in [0.25, 0.3) is 0 Å². The number of amidine groups is 1. The molecule has 1 aromatic rings. The van der Waals surface area contributed by atoms with Crippen molar-refractivity contribution in [3.05, 3.63) is 11.8 Å². The molecule has 0 aliphatic heterocycles. The van der Waals surface area contributed by atoms with Crippen LogP contribution in [0.5, 0.6) is 0 Å². The lowest BCUT2D eigenvalue weighted by atomic mass is 10.3. The fourth-order valence-electron chi connectivity index (χ4n) is 1.40. The summed E-state index contributed by atoms with van der Waals surface area (Å²) in [6.07, 6.45) is 0.241. The van der Waals surface area contributed by atoms with Gasteiger partial charge in [-0.2, -0.15) is 9.37 Å². The molecule has 16 heavy (non-hydrogen) atoms. The van der Waals surface area contributed by atoms with Crippen LogP contribution in [0, 0.1) is 6.08 Å². The molecule has 0 aromatic carbocycles. The van der Waals surface area contributed by atoms with E-state index in [0.717, 1.165) is 6.42 Å². The second-order valence-corrected chi connectivity index (χ2v) is 3.85. The van der Waals surface area contributed by atoms with Gasteiger partial charge >= 0.3 is 0 Å². The van der Waals surface area contributed by atoms with Gasteiger partial charge in [0.25, 0.3) is 6.08 Å². The number of hydrogen-bond acceptors (Lipinski definition) is 3. The maximum Gasteiger partial charge on any atom is 0.291 e. The van der Waals surface area contributed by atoms with E-state index in [1.807, 2.05) is 20.8 Å². The fourth-order valence-corrected chi connectivity index (χ4v) is 1.40. The van der Waals surface area contributed by atoms with Crippen molar-refractivity contribution < 1.29 is 4.39 Å². The van der Waals surface area contributed by atoms with E-state index in [2.05, 4.69) is 9.98 Å². The maximum atomic E-state index is 13.5. The molecular weight excluding hydrogens is 209 g/mol.